The number of hydrogen-bond acceptors (Lipinski definition) is 3. The number of carbonyl (C=O) groups is 1. The summed E-state index contributed by atoms with van der Waals surface area (Å²) in [4.78, 5) is 16.2. The summed E-state index contributed by atoms with van der Waals surface area (Å²) in [6, 6.07) is 0. The zero-order chi connectivity index (χ0) is 13.4. The smallest absolute Gasteiger partial charge is 0.236 e. The first-order chi connectivity index (χ1) is 8.67. The summed E-state index contributed by atoms with van der Waals surface area (Å²) in [6.45, 7) is 6.73. The zero-order valence-corrected chi connectivity index (χ0v) is 14.7. The molecule has 0 radical (unpaired) electrons. The average molecular weight is 328 g/mol. The number of nitrogens with one attached hydrogen (secondary N) is 1. The molecule has 1 aliphatic heterocycles. The van der Waals surface area contributed by atoms with E-state index in [-0.39, 0.29) is 24.8 Å². The van der Waals surface area contributed by atoms with Crippen molar-refractivity contribution in [2.24, 2.45) is 5.92 Å². The van der Waals surface area contributed by atoms with Gasteiger partial charge >= 0.3 is 0 Å². The molecule has 1 N–H and O–H groups in total. The molecule has 1 aliphatic rings. The highest BCUT2D eigenvalue weighted by molar-refractivity contribution is 5.85. The first-order valence-electron chi connectivity index (χ1n) is 7.28. The molecule has 0 aromatic carbocycles. The zero-order valence-electron chi connectivity index (χ0n) is 13.1. The van der Waals surface area contributed by atoms with E-state index in [4.69, 9.17) is 0 Å². The number of hydrogen-bond donors (Lipinski definition) is 1. The van der Waals surface area contributed by atoms with Gasteiger partial charge in [-0.1, -0.05) is 6.92 Å². The highest BCUT2D eigenvalue weighted by Crippen LogP contribution is 2.20. The van der Waals surface area contributed by atoms with Gasteiger partial charge in [-0.2, -0.15) is 0 Å². The van der Waals surface area contributed by atoms with E-state index in [9.17, 15) is 4.79 Å². The monoisotopic (exact) mass is 327 g/mol. The van der Waals surface area contributed by atoms with Crippen LogP contribution in [0, 0.1) is 5.92 Å². The topological polar surface area (TPSA) is 35.6 Å². The van der Waals surface area contributed by atoms with Gasteiger partial charge in [0.2, 0.25) is 5.91 Å². The van der Waals surface area contributed by atoms with Gasteiger partial charge in [0.25, 0.3) is 0 Å². The van der Waals surface area contributed by atoms with Crippen molar-refractivity contribution in [1.29, 1.82) is 0 Å². The van der Waals surface area contributed by atoms with Crippen LogP contribution in [0.1, 0.15) is 32.6 Å². The van der Waals surface area contributed by atoms with Crippen LogP contribution in [0.2, 0.25) is 0 Å². The van der Waals surface area contributed by atoms with E-state index in [1.165, 1.54) is 19.3 Å². The molecular weight excluding hydrogens is 297 g/mol. The predicted octanol–water partition coefficient (Wildman–Crippen LogP) is 2.02. The number of rotatable bonds is 7. The quantitative estimate of drug-likeness (QED) is 0.777. The highest BCUT2D eigenvalue weighted by atomic mass is 35.5. The fraction of sp³-hybridized carbons (Fsp3) is 0.929. The third-order valence-corrected chi connectivity index (χ3v) is 3.78. The molecule has 0 aromatic rings. The highest BCUT2D eigenvalue weighted by Gasteiger charge is 2.22. The van der Waals surface area contributed by atoms with Crippen LogP contribution in [0.15, 0.2) is 0 Å². The van der Waals surface area contributed by atoms with Crippen molar-refractivity contribution >= 4 is 30.7 Å². The van der Waals surface area contributed by atoms with Crippen molar-refractivity contribution < 1.29 is 4.79 Å². The van der Waals surface area contributed by atoms with Gasteiger partial charge < -0.3 is 10.2 Å². The van der Waals surface area contributed by atoms with E-state index >= 15 is 0 Å². The molecule has 1 saturated heterocycles. The third-order valence-electron chi connectivity index (χ3n) is 3.78. The van der Waals surface area contributed by atoms with Crippen LogP contribution in [0.4, 0.5) is 0 Å². The van der Waals surface area contributed by atoms with Gasteiger partial charge in [-0.05, 0) is 58.8 Å². The largest absolute Gasteiger partial charge is 0.342 e. The van der Waals surface area contributed by atoms with E-state index in [2.05, 4.69) is 17.1 Å². The van der Waals surface area contributed by atoms with Gasteiger partial charge in [0, 0.05) is 13.1 Å². The Morgan fingerprint density at radius 2 is 1.90 bits per heavy atom. The molecule has 0 aliphatic carbocycles. The predicted molar refractivity (Wildman–Crippen MR) is 90.1 cm³/mol. The fourth-order valence-corrected chi connectivity index (χ4v) is 2.61. The minimum absolute atomic E-state index is 0. The number of likely N-dealkylation sites (N-methyl/N-ethyl adjacent to an activating group) is 1. The van der Waals surface area contributed by atoms with Crippen LogP contribution in [0.5, 0.6) is 0 Å². The lowest BCUT2D eigenvalue weighted by Crippen LogP contribution is -2.43. The molecule has 0 spiro atoms. The number of amides is 1. The number of likely N-dealkylation sites (tertiary alicyclic amines) is 1. The number of nitrogens with zero attached hydrogens (tertiary/aromatic N) is 2. The van der Waals surface area contributed by atoms with Gasteiger partial charge in [-0.15, -0.1) is 24.8 Å². The fourth-order valence-electron chi connectivity index (χ4n) is 2.61. The maximum absolute atomic E-state index is 12.1. The molecule has 0 saturated carbocycles. The minimum Gasteiger partial charge on any atom is -0.342 e. The first kappa shape index (κ1) is 22.3. The van der Waals surface area contributed by atoms with Gasteiger partial charge in [0.1, 0.15) is 0 Å². The third kappa shape index (κ3) is 8.30. The average Bonchev–Trinajstić information content (AvgIpc) is 2.37. The molecule has 0 bridgehead atoms. The van der Waals surface area contributed by atoms with Gasteiger partial charge in [0.15, 0.2) is 0 Å². The van der Waals surface area contributed by atoms with E-state index in [0.717, 1.165) is 38.5 Å². The molecule has 122 valence electrons. The molecule has 1 heterocycles. The first-order valence-corrected chi connectivity index (χ1v) is 7.28. The molecule has 0 atom stereocenters. The summed E-state index contributed by atoms with van der Waals surface area (Å²) in [5.74, 6) is 1.10. The molecule has 0 unspecified atom stereocenters. The molecule has 6 heteroatoms. The second kappa shape index (κ2) is 12.7. The molecular formula is C14H31Cl2N3O. The van der Waals surface area contributed by atoms with Crippen molar-refractivity contribution in [3.8, 4) is 0 Å². The normalized spacial score (nSPS) is 15.7. The maximum Gasteiger partial charge on any atom is 0.236 e. The van der Waals surface area contributed by atoms with Gasteiger partial charge in [-0.3, -0.25) is 9.69 Å². The summed E-state index contributed by atoms with van der Waals surface area (Å²) in [5, 5.41) is 3.20. The lowest BCUT2D eigenvalue weighted by atomic mass is 9.93. The molecule has 1 amide bonds. The number of carbonyl (C=O) groups excluding carboxylic acids is 1. The Kier molecular flexibility index (Phi) is 14.1. The lowest BCUT2D eigenvalue weighted by Gasteiger charge is -2.33. The van der Waals surface area contributed by atoms with E-state index in [1.807, 2.05) is 19.0 Å². The number of piperidine rings is 1. The SMILES string of the molecule is CCCN(C)CC(=O)N1CCC(CCNC)CC1.Cl.Cl. The Labute approximate surface area is 136 Å². The second-order valence-electron chi connectivity index (χ2n) is 5.45. The summed E-state index contributed by atoms with van der Waals surface area (Å²) >= 11 is 0. The molecule has 4 nitrogen and oxygen atoms in total. The molecule has 20 heavy (non-hydrogen) atoms. The van der Waals surface area contributed by atoms with Crippen LogP contribution in [-0.2, 0) is 4.79 Å². The Morgan fingerprint density at radius 1 is 1.30 bits per heavy atom. The lowest BCUT2D eigenvalue weighted by molar-refractivity contribution is -0.133. The van der Waals surface area contributed by atoms with Crippen molar-refractivity contribution in [2.75, 3.05) is 46.8 Å². The van der Waals surface area contributed by atoms with Crippen LogP contribution >= 0.6 is 24.8 Å². The molecule has 1 fully saturated rings. The van der Waals surface area contributed by atoms with Crippen LogP contribution in [-0.4, -0.2) is 62.5 Å². The summed E-state index contributed by atoms with van der Waals surface area (Å²) < 4.78 is 0. The van der Waals surface area contributed by atoms with Crippen LogP contribution in [0.3, 0.4) is 0 Å². The minimum atomic E-state index is 0. The molecule has 0 aromatic heterocycles. The van der Waals surface area contributed by atoms with Crippen LogP contribution in [0.25, 0.3) is 0 Å². The van der Waals surface area contributed by atoms with Crippen molar-refractivity contribution in [3.63, 3.8) is 0 Å². The van der Waals surface area contributed by atoms with Crippen LogP contribution < -0.4 is 5.32 Å². The summed E-state index contributed by atoms with van der Waals surface area (Å²) in [6.07, 6.45) is 4.69. The van der Waals surface area contributed by atoms with Crippen molar-refractivity contribution in [1.82, 2.24) is 15.1 Å². The summed E-state index contributed by atoms with van der Waals surface area (Å²) in [5.41, 5.74) is 0. The Balaban J connectivity index is 0. The van der Waals surface area contributed by atoms with Gasteiger partial charge in [0.05, 0.1) is 6.54 Å². The Hall–Kier alpha value is -0.0300. The van der Waals surface area contributed by atoms with Gasteiger partial charge in [-0.25, -0.2) is 0 Å². The Bertz CT molecular complexity index is 247. The molecule has 1 rings (SSSR count). The summed E-state index contributed by atoms with van der Waals surface area (Å²) in [7, 11) is 4.03. The Morgan fingerprint density at radius 3 is 2.40 bits per heavy atom. The van der Waals surface area contributed by atoms with E-state index in [1.54, 1.807) is 0 Å². The number of halogens is 2. The van der Waals surface area contributed by atoms with Crippen molar-refractivity contribution in [2.45, 2.75) is 32.6 Å². The van der Waals surface area contributed by atoms with Crippen molar-refractivity contribution in [3.05, 3.63) is 0 Å². The second-order valence-corrected chi connectivity index (χ2v) is 5.45. The maximum atomic E-state index is 12.1. The van der Waals surface area contributed by atoms with E-state index < -0.39 is 0 Å². The van der Waals surface area contributed by atoms with E-state index in [0.29, 0.717) is 12.5 Å². The standard InChI is InChI=1S/C14H29N3O.2ClH/c1-4-9-16(3)12-14(18)17-10-6-13(7-11-17)5-8-15-2;;/h13,15H,4-12H2,1-3H3;2*1H.